The summed E-state index contributed by atoms with van der Waals surface area (Å²) in [5, 5.41) is 12.1. The van der Waals surface area contributed by atoms with E-state index in [0.717, 1.165) is 31.9 Å². The summed E-state index contributed by atoms with van der Waals surface area (Å²) in [6.45, 7) is 1.83. The number of carboxylic acid groups (broad SMARTS) is 1. The van der Waals surface area contributed by atoms with Crippen LogP contribution in [0.5, 0.6) is 0 Å². The van der Waals surface area contributed by atoms with Crippen molar-refractivity contribution in [2.24, 2.45) is 5.92 Å². The van der Waals surface area contributed by atoms with Gasteiger partial charge in [0.1, 0.15) is 17.1 Å². The average Bonchev–Trinajstić information content (AvgIpc) is 3.36. The summed E-state index contributed by atoms with van der Waals surface area (Å²) < 4.78 is 31.8. The molecule has 2 fully saturated rings. The van der Waals surface area contributed by atoms with Gasteiger partial charge in [0, 0.05) is 25.3 Å². The summed E-state index contributed by atoms with van der Waals surface area (Å²) in [7, 11) is 1.84. The van der Waals surface area contributed by atoms with Crippen molar-refractivity contribution < 1.29 is 18.7 Å². The fourth-order valence-corrected chi connectivity index (χ4v) is 4.01. The number of anilines is 1. The second-order valence-electron chi connectivity index (χ2n) is 7.39. The van der Waals surface area contributed by atoms with E-state index in [1.54, 1.807) is 4.90 Å². The lowest BCUT2D eigenvalue weighted by molar-refractivity contribution is 0.0695. The van der Waals surface area contributed by atoms with Gasteiger partial charge in [-0.1, -0.05) is 0 Å². The van der Waals surface area contributed by atoms with E-state index < -0.39 is 28.6 Å². The van der Waals surface area contributed by atoms with Crippen LogP contribution < -0.4 is 15.6 Å². The Kier molecular flexibility index (Phi) is 5.63. The van der Waals surface area contributed by atoms with Crippen molar-refractivity contribution in [3.63, 3.8) is 0 Å². The van der Waals surface area contributed by atoms with E-state index in [1.165, 1.54) is 10.8 Å². The topological polar surface area (TPSA) is 74.6 Å². The van der Waals surface area contributed by atoms with Crippen molar-refractivity contribution in [2.75, 3.05) is 31.6 Å². The minimum atomic E-state index is -1.39. The molecule has 6 nitrogen and oxygen atoms in total. The van der Waals surface area contributed by atoms with E-state index in [4.69, 9.17) is 0 Å². The molecule has 1 aromatic carbocycles. The molecule has 1 atom stereocenters. The molecule has 1 aliphatic carbocycles. The number of rotatable bonds is 5. The van der Waals surface area contributed by atoms with Crippen LogP contribution in [0.4, 0.5) is 14.5 Å². The second-order valence-corrected chi connectivity index (χ2v) is 7.39. The lowest BCUT2D eigenvalue weighted by Crippen LogP contribution is -2.27. The first-order chi connectivity index (χ1) is 12.9. The zero-order valence-electron chi connectivity index (χ0n) is 15.4. The van der Waals surface area contributed by atoms with Gasteiger partial charge < -0.3 is 19.9 Å². The van der Waals surface area contributed by atoms with Crippen LogP contribution >= 0.6 is 12.4 Å². The molecule has 0 bridgehead atoms. The van der Waals surface area contributed by atoms with E-state index in [1.807, 2.05) is 7.05 Å². The average molecular weight is 414 g/mol. The van der Waals surface area contributed by atoms with Gasteiger partial charge in [-0.05, 0) is 44.8 Å². The molecule has 152 valence electrons. The van der Waals surface area contributed by atoms with Gasteiger partial charge in [0.2, 0.25) is 5.43 Å². The van der Waals surface area contributed by atoms with Crippen LogP contribution in [0.2, 0.25) is 0 Å². The predicted octanol–water partition coefficient (Wildman–Crippen LogP) is 2.78. The first-order valence-corrected chi connectivity index (χ1v) is 9.12. The Balaban J connectivity index is 0.00000225. The number of nitrogens with zero attached hydrogens (tertiary/aromatic N) is 2. The number of carbonyl (C=O) groups is 1. The first kappa shape index (κ1) is 20.5. The van der Waals surface area contributed by atoms with E-state index in [-0.39, 0.29) is 35.0 Å². The fraction of sp³-hybridized carbons (Fsp3) is 0.474. The lowest BCUT2D eigenvalue weighted by atomic mass is 10.1. The van der Waals surface area contributed by atoms with E-state index >= 15 is 4.39 Å². The van der Waals surface area contributed by atoms with Gasteiger partial charge in [-0.3, -0.25) is 4.79 Å². The maximum atomic E-state index is 15.5. The van der Waals surface area contributed by atoms with Crippen LogP contribution in [0.15, 0.2) is 17.1 Å². The van der Waals surface area contributed by atoms with E-state index in [9.17, 15) is 19.1 Å². The SMILES string of the molecule is CNCC1CCN(c2c(F)cc3c(=O)c(C(=O)O)cn(C4CC4)c3c2F)C1.Cl. The highest BCUT2D eigenvalue weighted by Crippen LogP contribution is 2.40. The van der Waals surface area contributed by atoms with Gasteiger partial charge in [-0.2, -0.15) is 0 Å². The lowest BCUT2D eigenvalue weighted by Gasteiger charge is -2.22. The molecule has 1 aromatic heterocycles. The van der Waals surface area contributed by atoms with Crippen LogP contribution in [0.3, 0.4) is 0 Å². The van der Waals surface area contributed by atoms with E-state index in [0.29, 0.717) is 19.0 Å². The molecule has 2 aliphatic rings. The smallest absolute Gasteiger partial charge is 0.341 e. The molecule has 9 heteroatoms. The molecule has 0 amide bonds. The largest absolute Gasteiger partial charge is 0.477 e. The summed E-state index contributed by atoms with van der Waals surface area (Å²) in [5.74, 6) is -2.71. The molecule has 2 aromatic rings. The second kappa shape index (κ2) is 7.67. The molecule has 1 saturated heterocycles. The Bertz CT molecular complexity index is 991. The van der Waals surface area contributed by atoms with Crippen LogP contribution in [0.25, 0.3) is 10.9 Å². The van der Waals surface area contributed by atoms with Gasteiger partial charge >= 0.3 is 5.97 Å². The summed E-state index contributed by atoms with van der Waals surface area (Å²) in [6.07, 6.45) is 3.57. The number of hydrogen-bond donors (Lipinski definition) is 2. The molecular weight excluding hydrogens is 392 g/mol. The number of benzene rings is 1. The minimum Gasteiger partial charge on any atom is -0.477 e. The summed E-state index contributed by atoms with van der Waals surface area (Å²) in [5.41, 5.74) is -1.44. The number of halogens is 3. The molecule has 4 rings (SSSR count). The summed E-state index contributed by atoms with van der Waals surface area (Å²) >= 11 is 0. The third-order valence-corrected chi connectivity index (χ3v) is 5.45. The normalized spacial score (nSPS) is 19.1. The van der Waals surface area contributed by atoms with Crippen LogP contribution in [0.1, 0.15) is 35.7 Å². The molecule has 0 radical (unpaired) electrons. The Labute approximate surface area is 166 Å². The number of aromatic nitrogens is 1. The molecule has 1 aliphatic heterocycles. The molecule has 1 saturated carbocycles. The molecule has 2 heterocycles. The standard InChI is InChI=1S/C19H21F2N3O3.ClH/c1-22-7-10-4-5-23(8-10)17-14(20)6-12-16(15(17)21)24(11-2-3-11)9-13(18(12)25)19(26)27;/h6,9-11,22H,2-5,7-8H2,1H3,(H,26,27);1H. The predicted molar refractivity (Wildman–Crippen MR) is 105 cm³/mol. The third-order valence-electron chi connectivity index (χ3n) is 5.45. The van der Waals surface area contributed by atoms with Gasteiger partial charge in [-0.15, -0.1) is 12.4 Å². The van der Waals surface area contributed by atoms with Crippen molar-refractivity contribution in [2.45, 2.75) is 25.3 Å². The van der Waals surface area contributed by atoms with E-state index in [2.05, 4.69) is 5.32 Å². The number of pyridine rings is 1. The van der Waals surface area contributed by atoms with Gasteiger partial charge in [0.05, 0.1) is 10.9 Å². The summed E-state index contributed by atoms with van der Waals surface area (Å²) in [6, 6.07) is 0.932. The van der Waals surface area contributed by atoms with Crippen molar-refractivity contribution in [3.05, 3.63) is 39.7 Å². The Hall–Kier alpha value is -2.19. The highest BCUT2D eigenvalue weighted by atomic mass is 35.5. The zero-order valence-corrected chi connectivity index (χ0v) is 16.2. The maximum Gasteiger partial charge on any atom is 0.341 e. The monoisotopic (exact) mass is 413 g/mol. The van der Waals surface area contributed by atoms with Gasteiger partial charge in [0.25, 0.3) is 0 Å². The van der Waals surface area contributed by atoms with Crippen molar-refractivity contribution >= 4 is 35.0 Å². The fourth-order valence-electron chi connectivity index (χ4n) is 4.01. The van der Waals surface area contributed by atoms with Crippen molar-refractivity contribution in [1.82, 2.24) is 9.88 Å². The zero-order chi connectivity index (χ0) is 19.3. The maximum absolute atomic E-state index is 15.5. The van der Waals surface area contributed by atoms with Gasteiger partial charge in [0.15, 0.2) is 5.82 Å². The highest BCUT2D eigenvalue weighted by molar-refractivity contribution is 5.94. The first-order valence-electron chi connectivity index (χ1n) is 9.12. The Morgan fingerprint density at radius 1 is 1.32 bits per heavy atom. The molecule has 28 heavy (non-hydrogen) atoms. The highest BCUT2D eigenvalue weighted by Gasteiger charge is 2.32. The number of fused-ring (bicyclic) bond motifs is 1. The number of nitrogens with one attached hydrogen (secondary N) is 1. The van der Waals surface area contributed by atoms with Crippen LogP contribution in [-0.4, -0.2) is 42.3 Å². The number of aromatic carboxylic acids is 1. The van der Waals surface area contributed by atoms with Crippen molar-refractivity contribution in [1.29, 1.82) is 0 Å². The van der Waals surface area contributed by atoms with Crippen molar-refractivity contribution in [3.8, 4) is 0 Å². The molecular formula is C19H22ClF2N3O3. The molecule has 0 spiro atoms. The number of hydrogen-bond acceptors (Lipinski definition) is 4. The third kappa shape index (κ3) is 3.35. The van der Waals surface area contributed by atoms with Crippen LogP contribution in [0, 0.1) is 17.6 Å². The van der Waals surface area contributed by atoms with Crippen LogP contribution in [-0.2, 0) is 0 Å². The molecule has 1 unspecified atom stereocenters. The Morgan fingerprint density at radius 3 is 2.64 bits per heavy atom. The minimum absolute atomic E-state index is 0. The number of carboxylic acids is 1. The summed E-state index contributed by atoms with van der Waals surface area (Å²) in [4.78, 5) is 25.6. The Morgan fingerprint density at radius 2 is 2.04 bits per heavy atom. The quantitative estimate of drug-likeness (QED) is 0.788. The van der Waals surface area contributed by atoms with Gasteiger partial charge in [-0.25, -0.2) is 13.6 Å². The molecule has 2 N–H and O–H groups in total.